The summed E-state index contributed by atoms with van der Waals surface area (Å²) in [5.74, 6) is -1.07. The first kappa shape index (κ1) is 22.1. The molecule has 154 valence electrons. The highest BCUT2D eigenvalue weighted by atomic mass is 16.5. The molecule has 6 heteroatoms. The van der Waals surface area contributed by atoms with Crippen LogP contribution in [0, 0.1) is 34.6 Å². The molecule has 0 saturated carbocycles. The van der Waals surface area contributed by atoms with Crippen molar-refractivity contribution < 1.29 is 19.1 Å². The summed E-state index contributed by atoms with van der Waals surface area (Å²) in [4.78, 5) is 38.1. The van der Waals surface area contributed by atoms with E-state index in [9.17, 15) is 14.4 Å². The molecule has 0 unspecified atom stereocenters. The van der Waals surface area contributed by atoms with Crippen LogP contribution in [0.1, 0.15) is 48.5 Å². The van der Waals surface area contributed by atoms with Crippen LogP contribution in [-0.4, -0.2) is 43.4 Å². The molecule has 0 aliphatic heterocycles. The zero-order chi connectivity index (χ0) is 21.9. The number of rotatable bonds is 5. The fourth-order valence-corrected chi connectivity index (χ4v) is 3.16. The lowest BCUT2D eigenvalue weighted by molar-refractivity contribution is -0.119. The van der Waals surface area contributed by atoms with Crippen molar-refractivity contribution in [1.82, 2.24) is 4.90 Å². The van der Waals surface area contributed by atoms with E-state index < -0.39 is 11.9 Å². The Morgan fingerprint density at radius 2 is 1.31 bits per heavy atom. The Kier molecular flexibility index (Phi) is 6.80. The van der Waals surface area contributed by atoms with Gasteiger partial charge in [-0.2, -0.15) is 0 Å². The van der Waals surface area contributed by atoms with Gasteiger partial charge in [-0.15, -0.1) is 0 Å². The van der Waals surface area contributed by atoms with Crippen LogP contribution in [0.5, 0.6) is 0 Å². The van der Waals surface area contributed by atoms with Gasteiger partial charge in [-0.1, -0.05) is 0 Å². The summed E-state index contributed by atoms with van der Waals surface area (Å²) in [5.41, 5.74) is 6.57. The number of benzene rings is 2. The number of esters is 1. The van der Waals surface area contributed by atoms with Crippen LogP contribution in [0.25, 0.3) is 0 Å². The third-order valence-corrected chi connectivity index (χ3v) is 5.36. The topological polar surface area (TPSA) is 75.7 Å². The van der Waals surface area contributed by atoms with Gasteiger partial charge in [0, 0.05) is 25.3 Å². The second-order valence-corrected chi connectivity index (χ2v) is 7.40. The largest absolute Gasteiger partial charge is 0.452 e. The highest BCUT2D eigenvalue weighted by molar-refractivity contribution is 5.98. The van der Waals surface area contributed by atoms with E-state index in [4.69, 9.17) is 4.74 Å². The van der Waals surface area contributed by atoms with Gasteiger partial charge in [-0.25, -0.2) is 4.79 Å². The number of nitrogens with zero attached hydrogens (tertiary/aromatic N) is 1. The second kappa shape index (κ2) is 8.90. The van der Waals surface area contributed by atoms with Crippen LogP contribution in [0.2, 0.25) is 0 Å². The normalized spacial score (nSPS) is 10.4. The van der Waals surface area contributed by atoms with Crippen molar-refractivity contribution in [3.05, 3.63) is 63.2 Å². The first-order valence-electron chi connectivity index (χ1n) is 9.40. The zero-order valence-corrected chi connectivity index (χ0v) is 18.1. The molecule has 0 bridgehead atoms. The van der Waals surface area contributed by atoms with Gasteiger partial charge in [0.1, 0.15) is 0 Å². The van der Waals surface area contributed by atoms with Crippen LogP contribution in [0.3, 0.4) is 0 Å². The smallest absolute Gasteiger partial charge is 0.339 e. The third-order valence-electron chi connectivity index (χ3n) is 5.36. The Morgan fingerprint density at radius 3 is 1.79 bits per heavy atom. The fourth-order valence-electron chi connectivity index (χ4n) is 3.16. The molecule has 2 amide bonds. The first-order chi connectivity index (χ1) is 13.5. The lowest BCUT2D eigenvalue weighted by atomic mass is 9.90. The number of hydrogen-bond acceptors (Lipinski definition) is 4. The number of carbonyl (C=O) groups excluding carboxylic acids is 3. The molecule has 6 nitrogen and oxygen atoms in total. The van der Waals surface area contributed by atoms with Gasteiger partial charge in [-0.3, -0.25) is 9.59 Å². The molecule has 0 aliphatic carbocycles. The maximum absolute atomic E-state index is 12.6. The molecule has 0 atom stereocenters. The average molecular weight is 396 g/mol. The average Bonchev–Trinajstić information content (AvgIpc) is 2.69. The number of ether oxygens (including phenoxy) is 1. The Bertz CT molecular complexity index is 931. The number of hydrogen-bond donors (Lipinski definition) is 1. The number of anilines is 1. The summed E-state index contributed by atoms with van der Waals surface area (Å²) in [5, 5.41) is 2.66. The van der Waals surface area contributed by atoms with Crippen LogP contribution in [0.4, 0.5) is 5.69 Å². The molecule has 0 aromatic heterocycles. The molecule has 0 fully saturated rings. The minimum Gasteiger partial charge on any atom is -0.452 e. The van der Waals surface area contributed by atoms with Crippen molar-refractivity contribution in [2.24, 2.45) is 0 Å². The summed E-state index contributed by atoms with van der Waals surface area (Å²) in [6.45, 7) is 9.38. The van der Waals surface area contributed by atoms with E-state index in [0.717, 1.165) is 27.8 Å². The predicted molar refractivity (Wildman–Crippen MR) is 113 cm³/mol. The van der Waals surface area contributed by atoms with Crippen LogP contribution >= 0.6 is 0 Å². The number of carbonyl (C=O) groups is 3. The van der Waals surface area contributed by atoms with Crippen LogP contribution in [-0.2, 0) is 9.53 Å². The lowest BCUT2D eigenvalue weighted by Crippen LogP contribution is -2.23. The van der Waals surface area contributed by atoms with Gasteiger partial charge in [0.15, 0.2) is 6.61 Å². The quantitative estimate of drug-likeness (QED) is 0.782. The fraction of sp³-hybridized carbons (Fsp3) is 0.348. The van der Waals surface area contributed by atoms with Crippen molar-refractivity contribution in [1.29, 1.82) is 0 Å². The summed E-state index contributed by atoms with van der Waals surface area (Å²) in [6.07, 6.45) is 0. The standard InChI is InChI=1S/C23H28N2O4/c1-13-14(2)16(4)21(17(5)15(13)3)23(28)29-12-20(26)24-19-10-8-18(9-11-19)22(27)25(6)7/h8-11H,12H2,1-7H3,(H,24,26). The van der Waals surface area contributed by atoms with Gasteiger partial charge in [-0.05, 0) is 86.7 Å². The lowest BCUT2D eigenvalue weighted by Gasteiger charge is -2.17. The molecule has 29 heavy (non-hydrogen) atoms. The van der Waals surface area contributed by atoms with E-state index in [1.165, 1.54) is 4.90 Å². The SMILES string of the molecule is Cc1c(C)c(C)c(C(=O)OCC(=O)Nc2ccc(C(=O)N(C)C)cc2)c(C)c1C. The molecule has 2 aromatic carbocycles. The van der Waals surface area contributed by atoms with E-state index in [1.54, 1.807) is 38.4 Å². The van der Waals surface area contributed by atoms with Crippen LogP contribution < -0.4 is 5.32 Å². The molecule has 0 radical (unpaired) electrons. The second-order valence-electron chi connectivity index (χ2n) is 7.40. The van der Waals surface area contributed by atoms with E-state index in [2.05, 4.69) is 5.32 Å². The Labute approximate surface area is 171 Å². The van der Waals surface area contributed by atoms with Crippen molar-refractivity contribution in [2.45, 2.75) is 34.6 Å². The summed E-state index contributed by atoms with van der Waals surface area (Å²) in [6, 6.07) is 6.54. The number of nitrogens with one attached hydrogen (secondary N) is 1. The zero-order valence-electron chi connectivity index (χ0n) is 18.1. The number of amides is 2. The first-order valence-corrected chi connectivity index (χ1v) is 9.40. The molecule has 2 aromatic rings. The van der Waals surface area contributed by atoms with E-state index in [1.807, 2.05) is 34.6 Å². The molecule has 0 saturated heterocycles. The van der Waals surface area contributed by atoms with Crippen LogP contribution in [0.15, 0.2) is 24.3 Å². The van der Waals surface area contributed by atoms with E-state index in [-0.39, 0.29) is 12.5 Å². The van der Waals surface area contributed by atoms with Gasteiger partial charge in [0.25, 0.3) is 11.8 Å². The minimum atomic E-state index is -0.506. The summed E-state index contributed by atoms with van der Waals surface area (Å²) >= 11 is 0. The minimum absolute atomic E-state index is 0.119. The Morgan fingerprint density at radius 1 is 0.828 bits per heavy atom. The van der Waals surface area contributed by atoms with E-state index >= 15 is 0 Å². The highest BCUT2D eigenvalue weighted by Crippen LogP contribution is 2.26. The summed E-state index contributed by atoms with van der Waals surface area (Å²) in [7, 11) is 3.35. The Balaban J connectivity index is 2.03. The van der Waals surface area contributed by atoms with Gasteiger partial charge in [0.2, 0.25) is 0 Å². The molecule has 0 aliphatic rings. The monoisotopic (exact) mass is 396 g/mol. The van der Waals surface area contributed by atoms with Gasteiger partial charge >= 0.3 is 5.97 Å². The van der Waals surface area contributed by atoms with Gasteiger partial charge in [0.05, 0.1) is 5.56 Å². The molecule has 1 N–H and O–H groups in total. The van der Waals surface area contributed by atoms with Crippen molar-refractivity contribution in [2.75, 3.05) is 26.0 Å². The molecular weight excluding hydrogens is 368 g/mol. The molecule has 0 spiro atoms. The van der Waals surface area contributed by atoms with Gasteiger partial charge < -0.3 is 15.0 Å². The molecule has 0 heterocycles. The van der Waals surface area contributed by atoms with E-state index in [0.29, 0.717) is 16.8 Å². The van der Waals surface area contributed by atoms with Crippen molar-refractivity contribution in [3.63, 3.8) is 0 Å². The summed E-state index contributed by atoms with van der Waals surface area (Å²) < 4.78 is 5.26. The third kappa shape index (κ3) is 4.83. The van der Waals surface area contributed by atoms with Crippen molar-refractivity contribution in [3.8, 4) is 0 Å². The maximum atomic E-state index is 12.6. The predicted octanol–water partition coefficient (Wildman–Crippen LogP) is 3.73. The molecule has 2 rings (SSSR count). The maximum Gasteiger partial charge on any atom is 0.339 e. The highest BCUT2D eigenvalue weighted by Gasteiger charge is 2.20. The Hall–Kier alpha value is -3.15. The van der Waals surface area contributed by atoms with Crippen molar-refractivity contribution >= 4 is 23.5 Å². The molecular formula is C23H28N2O4.